The van der Waals surface area contributed by atoms with Crippen LogP contribution in [0.15, 0.2) is 16.9 Å². The van der Waals surface area contributed by atoms with Gasteiger partial charge in [-0.15, -0.1) is 12.4 Å². The Balaban J connectivity index is 0.00000243. The summed E-state index contributed by atoms with van der Waals surface area (Å²) in [5.74, 6) is 2.17. The summed E-state index contributed by atoms with van der Waals surface area (Å²) in [7, 11) is 1.95. The zero-order chi connectivity index (χ0) is 18.0. The predicted molar refractivity (Wildman–Crippen MR) is 99.1 cm³/mol. The van der Waals surface area contributed by atoms with E-state index in [0.717, 1.165) is 12.4 Å². The Morgan fingerprint density at radius 2 is 2.19 bits per heavy atom. The average molecular weight is 383 g/mol. The fourth-order valence-corrected chi connectivity index (χ4v) is 2.95. The lowest BCUT2D eigenvalue weighted by Gasteiger charge is -2.35. The molecule has 2 aromatic heterocycles. The summed E-state index contributed by atoms with van der Waals surface area (Å²) in [4.78, 5) is 23.5. The largest absolute Gasteiger partial charge is 0.339 e. The van der Waals surface area contributed by atoms with Crippen molar-refractivity contribution in [2.45, 2.75) is 45.1 Å². The molecule has 1 fully saturated rings. The van der Waals surface area contributed by atoms with E-state index in [9.17, 15) is 4.79 Å². The maximum atomic E-state index is 12.8. The Kier molecular flexibility index (Phi) is 6.41. The molecule has 1 aliphatic heterocycles. The van der Waals surface area contributed by atoms with E-state index in [0.29, 0.717) is 37.6 Å². The van der Waals surface area contributed by atoms with Gasteiger partial charge < -0.3 is 19.3 Å². The Labute approximate surface area is 159 Å². The molecule has 0 aliphatic carbocycles. The van der Waals surface area contributed by atoms with Gasteiger partial charge in [-0.3, -0.25) is 4.79 Å². The van der Waals surface area contributed by atoms with Gasteiger partial charge in [0.25, 0.3) is 0 Å². The van der Waals surface area contributed by atoms with Crippen molar-refractivity contribution in [3.05, 3.63) is 29.9 Å². The first kappa shape index (κ1) is 20.4. The van der Waals surface area contributed by atoms with Crippen LogP contribution in [0, 0.1) is 0 Å². The van der Waals surface area contributed by atoms with Gasteiger partial charge in [-0.2, -0.15) is 4.98 Å². The monoisotopic (exact) mass is 382 g/mol. The molecular weight excluding hydrogens is 356 g/mol. The van der Waals surface area contributed by atoms with E-state index < -0.39 is 0 Å². The third-order valence-electron chi connectivity index (χ3n) is 4.41. The smallest absolute Gasteiger partial charge is 0.227 e. The molecule has 1 atom stereocenters. The van der Waals surface area contributed by atoms with Crippen molar-refractivity contribution in [2.75, 3.05) is 19.6 Å². The fourth-order valence-electron chi connectivity index (χ4n) is 2.95. The fraction of sp³-hybridized carbons (Fsp3) is 0.647. The zero-order valence-corrected chi connectivity index (χ0v) is 16.5. The highest BCUT2D eigenvalue weighted by Gasteiger charge is 2.30. The number of nitrogens with one attached hydrogen (secondary N) is 1. The van der Waals surface area contributed by atoms with Gasteiger partial charge in [0.1, 0.15) is 11.9 Å². The van der Waals surface area contributed by atoms with E-state index in [4.69, 9.17) is 4.52 Å². The number of imidazole rings is 1. The number of aryl methyl sites for hydroxylation is 2. The Bertz CT molecular complexity index is 736. The van der Waals surface area contributed by atoms with Gasteiger partial charge in [0, 0.05) is 57.3 Å². The van der Waals surface area contributed by atoms with Crippen molar-refractivity contribution < 1.29 is 9.32 Å². The first-order chi connectivity index (χ1) is 11.9. The van der Waals surface area contributed by atoms with E-state index >= 15 is 0 Å². The molecule has 2 aromatic rings. The summed E-state index contributed by atoms with van der Waals surface area (Å²) >= 11 is 0. The molecule has 144 valence electrons. The topological polar surface area (TPSA) is 89.1 Å². The van der Waals surface area contributed by atoms with Crippen LogP contribution in [0.1, 0.15) is 50.8 Å². The van der Waals surface area contributed by atoms with E-state index in [1.54, 1.807) is 6.20 Å². The lowest BCUT2D eigenvalue weighted by Crippen LogP contribution is -2.49. The van der Waals surface area contributed by atoms with Gasteiger partial charge in [0.15, 0.2) is 5.82 Å². The quantitative estimate of drug-likeness (QED) is 0.864. The molecule has 1 unspecified atom stereocenters. The number of nitrogens with zero attached hydrogens (tertiary/aromatic N) is 5. The highest BCUT2D eigenvalue weighted by molar-refractivity contribution is 5.85. The molecule has 1 aliphatic rings. The van der Waals surface area contributed by atoms with Crippen LogP contribution in [0.3, 0.4) is 0 Å². The van der Waals surface area contributed by atoms with Crippen LogP contribution >= 0.6 is 12.4 Å². The minimum atomic E-state index is -0.159. The van der Waals surface area contributed by atoms with Crippen LogP contribution in [-0.2, 0) is 23.7 Å². The lowest BCUT2D eigenvalue weighted by atomic mass is 9.96. The third-order valence-corrected chi connectivity index (χ3v) is 4.41. The van der Waals surface area contributed by atoms with Crippen LogP contribution in [0.5, 0.6) is 0 Å². The number of piperazine rings is 1. The molecule has 1 amide bonds. The molecule has 3 heterocycles. The van der Waals surface area contributed by atoms with Crippen molar-refractivity contribution in [1.29, 1.82) is 0 Å². The average Bonchev–Trinajstić information content (AvgIpc) is 3.21. The van der Waals surface area contributed by atoms with Gasteiger partial charge in [-0.05, 0) is 0 Å². The highest BCUT2D eigenvalue weighted by atomic mass is 35.5. The Morgan fingerprint density at radius 3 is 2.81 bits per heavy atom. The normalized spacial score (nSPS) is 17.8. The van der Waals surface area contributed by atoms with Gasteiger partial charge in [-0.25, -0.2) is 4.98 Å². The maximum absolute atomic E-state index is 12.8. The number of hydrogen-bond donors (Lipinski definition) is 1. The summed E-state index contributed by atoms with van der Waals surface area (Å²) in [5.41, 5.74) is -0.159. The second kappa shape index (κ2) is 8.18. The standard InChI is InChI=1S/C17H26N6O2.ClH/c1-17(2,3)16-20-13(25-21-16)5-6-14(24)23-10-7-18-11-12(23)15-19-8-9-22(15)4;/h8-9,12,18H,5-7,10-11H2,1-4H3;1H. The maximum Gasteiger partial charge on any atom is 0.227 e. The lowest BCUT2D eigenvalue weighted by molar-refractivity contribution is -0.134. The second-order valence-electron chi connectivity index (χ2n) is 7.47. The summed E-state index contributed by atoms with van der Waals surface area (Å²) in [6.07, 6.45) is 4.48. The summed E-state index contributed by atoms with van der Waals surface area (Å²) in [6.45, 7) is 8.28. The number of halogens is 1. The molecule has 1 N–H and O–H groups in total. The van der Waals surface area contributed by atoms with Crippen molar-refractivity contribution in [2.24, 2.45) is 7.05 Å². The van der Waals surface area contributed by atoms with Gasteiger partial charge in [0.05, 0.1) is 0 Å². The SMILES string of the molecule is Cl.Cn1ccnc1C1CNCCN1C(=O)CCc1nc(C(C)(C)C)no1. The number of rotatable bonds is 4. The molecule has 0 aromatic carbocycles. The first-order valence-electron chi connectivity index (χ1n) is 8.66. The van der Waals surface area contributed by atoms with Crippen molar-refractivity contribution in [1.82, 2.24) is 29.9 Å². The van der Waals surface area contributed by atoms with Crippen LogP contribution in [0.2, 0.25) is 0 Å². The minimum Gasteiger partial charge on any atom is -0.339 e. The number of amides is 1. The molecule has 0 bridgehead atoms. The Hall–Kier alpha value is -1.93. The minimum absolute atomic E-state index is 0. The van der Waals surface area contributed by atoms with Crippen molar-refractivity contribution >= 4 is 18.3 Å². The van der Waals surface area contributed by atoms with Crippen molar-refractivity contribution in [3.8, 4) is 0 Å². The molecule has 8 nitrogen and oxygen atoms in total. The number of carbonyl (C=O) groups excluding carboxylic acids is 1. The Morgan fingerprint density at radius 1 is 1.42 bits per heavy atom. The van der Waals surface area contributed by atoms with Gasteiger partial charge in [0.2, 0.25) is 11.8 Å². The van der Waals surface area contributed by atoms with Crippen LogP contribution in [0.25, 0.3) is 0 Å². The van der Waals surface area contributed by atoms with Crippen LogP contribution < -0.4 is 5.32 Å². The van der Waals surface area contributed by atoms with Gasteiger partial charge in [-0.1, -0.05) is 25.9 Å². The third kappa shape index (κ3) is 4.42. The predicted octanol–water partition coefficient (Wildman–Crippen LogP) is 1.63. The second-order valence-corrected chi connectivity index (χ2v) is 7.47. The summed E-state index contributed by atoms with van der Waals surface area (Å²) < 4.78 is 7.25. The molecular formula is C17H27ClN6O2. The van der Waals surface area contributed by atoms with Gasteiger partial charge >= 0.3 is 0 Å². The molecule has 26 heavy (non-hydrogen) atoms. The molecule has 0 radical (unpaired) electrons. The first-order valence-corrected chi connectivity index (χ1v) is 8.66. The molecule has 3 rings (SSSR count). The van der Waals surface area contributed by atoms with E-state index in [1.807, 2.05) is 43.5 Å². The molecule has 0 spiro atoms. The summed E-state index contributed by atoms with van der Waals surface area (Å²) in [5, 5.41) is 7.35. The van der Waals surface area contributed by atoms with Crippen LogP contribution in [0.4, 0.5) is 0 Å². The molecule has 0 saturated carbocycles. The van der Waals surface area contributed by atoms with Crippen molar-refractivity contribution in [3.63, 3.8) is 0 Å². The van der Waals surface area contributed by atoms with E-state index in [-0.39, 0.29) is 29.8 Å². The zero-order valence-electron chi connectivity index (χ0n) is 15.7. The highest BCUT2D eigenvalue weighted by Crippen LogP contribution is 2.22. The number of aromatic nitrogens is 4. The van der Waals surface area contributed by atoms with Crippen LogP contribution in [-0.4, -0.2) is 50.1 Å². The summed E-state index contributed by atoms with van der Waals surface area (Å²) in [6, 6.07) is -0.0472. The van der Waals surface area contributed by atoms with E-state index in [2.05, 4.69) is 20.4 Å². The number of carbonyl (C=O) groups is 1. The molecule has 9 heteroatoms. The van der Waals surface area contributed by atoms with E-state index in [1.165, 1.54) is 0 Å². The number of hydrogen-bond acceptors (Lipinski definition) is 6. The molecule has 1 saturated heterocycles.